The highest BCUT2D eigenvalue weighted by Crippen LogP contribution is 2.39. The summed E-state index contributed by atoms with van der Waals surface area (Å²) in [6, 6.07) is 6.33. The highest BCUT2D eigenvalue weighted by atomic mass is 16.3. The van der Waals surface area contributed by atoms with E-state index in [4.69, 9.17) is 5.11 Å². The standard InChI is InChI=1S/C18H24N2O4/c21-11-10-19-12-18(8-6-16(19)23)7-1-9-20(13-18)17(24)14-2-4-15(22)5-3-14/h2-5,21-22H,1,6-13H2. The van der Waals surface area contributed by atoms with Gasteiger partial charge in [-0.2, -0.15) is 0 Å². The van der Waals surface area contributed by atoms with Crippen molar-refractivity contribution >= 4 is 11.8 Å². The van der Waals surface area contributed by atoms with Crippen LogP contribution in [0.1, 0.15) is 36.0 Å². The number of amides is 2. The Labute approximate surface area is 141 Å². The van der Waals surface area contributed by atoms with Crippen molar-refractivity contribution in [3.63, 3.8) is 0 Å². The largest absolute Gasteiger partial charge is 0.508 e. The van der Waals surface area contributed by atoms with E-state index >= 15 is 0 Å². The van der Waals surface area contributed by atoms with Gasteiger partial charge in [-0.15, -0.1) is 0 Å². The van der Waals surface area contributed by atoms with Gasteiger partial charge in [-0.05, 0) is 43.5 Å². The molecular formula is C18H24N2O4. The maximum atomic E-state index is 12.7. The van der Waals surface area contributed by atoms with Crippen LogP contribution in [0.3, 0.4) is 0 Å². The van der Waals surface area contributed by atoms with Crippen LogP contribution in [0.5, 0.6) is 5.75 Å². The summed E-state index contributed by atoms with van der Waals surface area (Å²) in [5.41, 5.74) is 0.512. The van der Waals surface area contributed by atoms with Crippen molar-refractivity contribution in [3.8, 4) is 5.75 Å². The second-order valence-electron chi connectivity index (χ2n) is 6.92. The molecule has 2 aliphatic heterocycles. The molecule has 3 rings (SSSR count). The first-order valence-corrected chi connectivity index (χ1v) is 8.50. The van der Waals surface area contributed by atoms with E-state index in [1.165, 1.54) is 12.1 Å². The van der Waals surface area contributed by atoms with Crippen molar-refractivity contribution in [1.82, 2.24) is 9.80 Å². The van der Waals surface area contributed by atoms with E-state index < -0.39 is 0 Å². The summed E-state index contributed by atoms with van der Waals surface area (Å²) in [4.78, 5) is 28.3. The van der Waals surface area contributed by atoms with Gasteiger partial charge in [-0.1, -0.05) is 0 Å². The first-order chi connectivity index (χ1) is 11.5. The summed E-state index contributed by atoms with van der Waals surface area (Å²) in [6.07, 6.45) is 3.21. The summed E-state index contributed by atoms with van der Waals surface area (Å²) in [5, 5.41) is 18.5. The number of likely N-dealkylation sites (tertiary alicyclic amines) is 2. The van der Waals surface area contributed by atoms with Crippen molar-refractivity contribution in [2.45, 2.75) is 25.7 Å². The van der Waals surface area contributed by atoms with Crippen molar-refractivity contribution < 1.29 is 19.8 Å². The van der Waals surface area contributed by atoms with Gasteiger partial charge in [-0.25, -0.2) is 0 Å². The summed E-state index contributed by atoms with van der Waals surface area (Å²) in [6.45, 7) is 2.31. The van der Waals surface area contributed by atoms with E-state index in [-0.39, 0.29) is 29.6 Å². The molecule has 0 radical (unpaired) electrons. The minimum atomic E-state index is -0.0616. The van der Waals surface area contributed by atoms with Gasteiger partial charge in [0.15, 0.2) is 0 Å². The first kappa shape index (κ1) is 16.8. The van der Waals surface area contributed by atoms with Gasteiger partial charge in [0.2, 0.25) is 5.91 Å². The lowest BCUT2D eigenvalue weighted by atomic mass is 9.73. The molecule has 1 aromatic rings. The zero-order chi connectivity index (χ0) is 17.2. The molecule has 1 unspecified atom stereocenters. The number of piperidine rings is 2. The summed E-state index contributed by atoms with van der Waals surface area (Å²) in [7, 11) is 0. The molecule has 2 fully saturated rings. The molecule has 2 aliphatic rings. The molecule has 24 heavy (non-hydrogen) atoms. The molecule has 2 N–H and O–H groups in total. The number of β-amino-alcohol motifs (C(OH)–C–C–N with tert-alkyl or cyclic N) is 1. The third kappa shape index (κ3) is 3.38. The lowest BCUT2D eigenvalue weighted by Crippen LogP contribution is -2.55. The third-order valence-corrected chi connectivity index (χ3v) is 5.18. The fourth-order valence-corrected chi connectivity index (χ4v) is 3.93. The van der Waals surface area contributed by atoms with Crippen LogP contribution in [0, 0.1) is 5.41 Å². The molecule has 130 valence electrons. The average Bonchev–Trinajstić information content (AvgIpc) is 2.59. The summed E-state index contributed by atoms with van der Waals surface area (Å²) < 4.78 is 0. The van der Waals surface area contributed by atoms with Crippen LogP contribution in [0.25, 0.3) is 0 Å². The number of nitrogens with zero attached hydrogens (tertiary/aromatic N) is 2. The molecule has 2 saturated heterocycles. The van der Waals surface area contributed by atoms with E-state index in [1.807, 2.05) is 4.90 Å². The Bertz CT molecular complexity index is 616. The molecule has 0 aromatic heterocycles. The quantitative estimate of drug-likeness (QED) is 0.872. The second kappa shape index (κ2) is 6.81. The summed E-state index contributed by atoms with van der Waals surface area (Å²) in [5.74, 6) is 0.212. The Morgan fingerprint density at radius 1 is 1.17 bits per heavy atom. The zero-order valence-corrected chi connectivity index (χ0v) is 13.8. The van der Waals surface area contributed by atoms with E-state index in [1.54, 1.807) is 17.0 Å². The number of phenols is 1. The van der Waals surface area contributed by atoms with Crippen LogP contribution in [0.2, 0.25) is 0 Å². The van der Waals surface area contributed by atoms with E-state index in [9.17, 15) is 14.7 Å². The number of aliphatic hydroxyl groups excluding tert-OH is 1. The smallest absolute Gasteiger partial charge is 0.253 e. The summed E-state index contributed by atoms with van der Waals surface area (Å²) >= 11 is 0. The number of hydrogen-bond acceptors (Lipinski definition) is 4. The van der Waals surface area contributed by atoms with Crippen molar-refractivity contribution in [2.24, 2.45) is 5.41 Å². The normalized spacial score (nSPS) is 24.5. The number of aliphatic hydroxyl groups is 1. The number of carbonyl (C=O) groups is 2. The van der Waals surface area contributed by atoms with Gasteiger partial charge >= 0.3 is 0 Å². The molecule has 6 heteroatoms. The molecular weight excluding hydrogens is 308 g/mol. The number of benzene rings is 1. The van der Waals surface area contributed by atoms with Gasteiger partial charge in [0.25, 0.3) is 5.91 Å². The van der Waals surface area contributed by atoms with Gasteiger partial charge in [0, 0.05) is 43.6 Å². The lowest BCUT2D eigenvalue weighted by molar-refractivity contribution is -0.139. The Morgan fingerprint density at radius 3 is 2.62 bits per heavy atom. The van der Waals surface area contributed by atoms with Crippen molar-refractivity contribution in [2.75, 3.05) is 32.8 Å². The molecule has 0 saturated carbocycles. The predicted octanol–water partition coefficient (Wildman–Crippen LogP) is 1.23. The van der Waals surface area contributed by atoms with Crippen LogP contribution in [0.15, 0.2) is 24.3 Å². The van der Waals surface area contributed by atoms with Gasteiger partial charge in [-0.3, -0.25) is 9.59 Å². The minimum absolute atomic E-state index is 0.0281. The van der Waals surface area contributed by atoms with Crippen LogP contribution >= 0.6 is 0 Å². The molecule has 1 aromatic carbocycles. The lowest BCUT2D eigenvalue weighted by Gasteiger charge is -2.48. The molecule has 2 heterocycles. The molecule has 0 aliphatic carbocycles. The molecule has 2 amide bonds. The monoisotopic (exact) mass is 332 g/mol. The van der Waals surface area contributed by atoms with Crippen LogP contribution in [-0.4, -0.2) is 64.6 Å². The number of carbonyl (C=O) groups excluding carboxylic acids is 2. The number of phenolic OH excluding ortho intramolecular Hbond substituents is 1. The molecule has 0 bridgehead atoms. The van der Waals surface area contributed by atoms with Crippen LogP contribution in [-0.2, 0) is 4.79 Å². The topological polar surface area (TPSA) is 81.1 Å². The number of rotatable bonds is 3. The van der Waals surface area contributed by atoms with Crippen molar-refractivity contribution in [1.29, 1.82) is 0 Å². The van der Waals surface area contributed by atoms with Crippen LogP contribution in [0.4, 0.5) is 0 Å². The SMILES string of the molecule is O=C1CCC2(CCCN(C(=O)c3ccc(O)cc3)C2)CN1CCO. The zero-order valence-electron chi connectivity index (χ0n) is 13.8. The second-order valence-corrected chi connectivity index (χ2v) is 6.92. The Hall–Kier alpha value is -2.08. The first-order valence-electron chi connectivity index (χ1n) is 8.50. The fraction of sp³-hybridized carbons (Fsp3) is 0.556. The maximum absolute atomic E-state index is 12.7. The van der Waals surface area contributed by atoms with Gasteiger partial charge < -0.3 is 20.0 Å². The van der Waals surface area contributed by atoms with Crippen LogP contribution < -0.4 is 0 Å². The van der Waals surface area contributed by atoms with Crippen molar-refractivity contribution in [3.05, 3.63) is 29.8 Å². The minimum Gasteiger partial charge on any atom is -0.508 e. The number of hydrogen-bond donors (Lipinski definition) is 2. The predicted molar refractivity (Wildman–Crippen MR) is 88.6 cm³/mol. The Balaban J connectivity index is 1.72. The fourth-order valence-electron chi connectivity index (χ4n) is 3.93. The number of aromatic hydroxyl groups is 1. The molecule has 6 nitrogen and oxygen atoms in total. The molecule has 1 spiro atoms. The van der Waals surface area contributed by atoms with Gasteiger partial charge in [0.05, 0.1) is 6.61 Å². The highest BCUT2D eigenvalue weighted by molar-refractivity contribution is 5.94. The highest BCUT2D eigenvalue weighted by Gasteiger charge is 2.42. The van der Waals surface area contributed by atoms with E-state index in [0.29, 0.717) is 31.6 Å². The Kier molecular flexibility index (Phi) is 4.76. The van der Waals surface area contributed by atoms with Gasteiger partial charge in [0.1, 0.15) is 5.75 Å². The third-order valence-electron chi connectivity index (χ3n) is 5.18. The van der Waals surface area contributed by atoms with E-state index in [2.05, 4.69) is 0 Å². The molecule has 1 atom stereocenters. The maximum Gasteiger partial charge on any atom is 0.253 e. The average molecular weight is 332 g/mol. The van der Waals surface area contributed by atoms with E-state index in [0.717, 1.165) is 25.8 Å². The Morgan fingerprint density at radius 2 is 1.92 bits per heavy atom.